The molecule has 3 aliphatic rings. The van der Waals surface area contributed by atoms with Crippen LogP contribution in [0.4, 0.5) is 0 Å². The number of rotatable bonds is 10. The Morgan fingerprint density at radius 1 is 0.810 bits per heavy atom. The highest BCUT2D eigenvalue weighted by Gasteiger charge is 2.49. The molecule has 0 bridgehead atoms. The first-order valence-corrected chi connectivity index (χ1v) is 8.94. The lowest BCUT2D eigenvalue weighted by molar-refractivity contribution is 0.311. The molecule has 0 aromatic carbocycles. The number of epoxide rings is 3. The van der Waals surface area contributed by atoms with Crippen molar-refractivity contribution in [3.8, 4) is 0 Å². The van der Waals surface area contributed by atoms with Crippen LogP contribution >= 0.6 is 0 Å². The Labute approximate surface area is 129 Å². The molecule has 3 rings (SSSR count). The first kappa shape index (κ1) is 15.8. The van der Waals surface area contributed by atoms with Crippen molar-refractivity contribution in [2.24, 2.45) is 5.41 Å². The largest absolute Gasteiger partial charge is 0.373 e. The molecule has 3 aliphatic heterocycles. The molecule has 0 aromatic rings. The summed E-state index contributed by atoms with van der Waals surface area (Å²) >= 11 is 0. The van der Waals surface area contributed by atoms with Crippen molar-refractivity contribution in [3.05, 3.63) is 0 Å². The third kappa shape index (κ3) is 5.88. The summed E-state index contributed by atoms with van der Waals surface area (Å²) in [5, 5.41) is 0. The first-order valence-electron chi connectivity index (χ1n) is 8.94. The second-order valence-electron chi connectivity index (χ2n) is 8.37. The number of ether oxygens (including phenoxy) is 3. The van der Waals surface area contributed by atoms with Crippen molar-refractivity contribution in [2.45, 2.75) is 103 Å². The van der Waals surface area contributed by atoms with E-state index >= 15 is 0 Å². The molecule has 0 N–H and O–H groups in total. The normalized spacial score (nSPS) is 37.6. The van der Waals surface area contributed by atoms with E-state index in [-0.39, 0.29) is 0 Å². The average Bonchev–Trinajstić information content (AvgIpc) is 3.23. The molecule has 122 valence electrons. The maximum Gasteiger partial charge on any atom is 0.0868 e. The van der Waals surface area contributed by atoms with Crippen LogP contribution in [0.5, 0.6) is 0 Å². The fraction of sp³-hybridized carbons (Fsp3) is 1.00. The zero-order valence-electron chi connectivity index (χ0n) is 14.0. The standard InChI is InChI=1S/C18H32O3/c1-18(2,3)9-7-5-4-6-8-14-16(20-14)11-17-15(21-17)10-13-12-19-13/h13-17H,4-12H2,1-3H3. The Morgan fingerprint density at radius 2 is 1.43 bits per heavy atom. The van der Waals surface area contributed by atoms with Crippen molar-refractivity contribution in [1.82, 2.24) is 0 Å². The van der Waals surface area contributed by atoms with Crippen molar-refractivity contribution in [1.29, 1.82) is 0 Å². The van der Waals surface area contributed by atoms with Crippen molar-refractivity contribution < 1.29 is 14.2 Å². The summed E-state index contributed by atoms with van der Waals surface area (Å²) in [6, 6.07) is 0. The van der Waals surface area contributed by atoms with Crippen LogP contribution in [0.3, 0.4) is 0 Å². The minimum absolute atomic E-state index is 0.469. The van der Waals surface area contributed by atoms with E-state index < -0.39 is 0 Å². The summed E-state index contributed by atoms with van der Waals surface area (Å²) < 4.78 is 16.7. The summed E-state index contributed by atoms with van der Waals surface area (Å²) in [6.07, 6.45) is 12.7. The van der Waals surface area contributed by atoms with Gasteiger partial charge in [-0.2, -0.15) is 0 Å². The van der Waals surface area contributed by atoms with Gasteiger partial charge in [0.05, 0.1) is 37.1 Å². The van der Waals surface area contributed by atoms with E-state index in [1.165, 1.54) is 38.5 Å². The van der Waals surface area contributed by atoms with Crippen LogP contribution in [0.2, 0.25) is 0 Å². The lowest BCUT2D eigenvalue weighted by atomic mass is 9.89. The average molecular weight is 296 g/mol. The van der Waals surface area contributed by atoms with Crippen LogP contribution < -0.4 is 0 Å². The third-order valence-electron chi connectivity index (χ3n) is 4.90. The van der Waals surface area contributed by atoms with E-state index in [1.807, 2.05) is 0 Å². The SMILES string of the molecule is CC(C)(C)CCCCCCC1OC1CC1OC1CC1CO1. The molecule has 0 aromatic heterocycles. The molecular weight excluding hydrogens is 264 g/mol. The highest BCUT2D eigenvalue weighted by atomic mass is 16.6. The predicted octanol–water partition coefficient (Wildman–Crippen LogP) is 4.09. The van der Waals surface area contributed by atoms with E-state index in [0.29, 0.717) is 35.9 Å². The minimum Gasteiger partial charge on any atom is -0.373 e. The van der Waals surface area contributed by atoms with Gasteiger partial charge < -0.3 is 14.2 Å². The predicted molar refractivity (Wildman–Crippen MR) is 83.5 cm³/mol. The molecule has 0 saturated carbocycles. The molecule has 5 atom stereocenters. The van der Waals surface area contributed by atoms with E-state index in [0.717, 1.165) is 19.4 Å². The highest BCUT2D eigenvalue weighted by Crippen LogP contribution is 2.40. The monoisotopic (exact) mass is 296 g/mol. The molecule has 5 unspecified atom stereocenters. The molecule has 3 nitrogen and oxygen atoms in total. The van der Waals surface area contributed by atoms with E-state index in [2.05, 4.69) is 20.8 Å². The van der Waals surface area contributed by atoms with Crippen molar-refractivity contribution >= 4 is 0 Å². The number of hydrogen-bond donors (Lipinski definition) is 0. The second kappa shape index (κ2) is 6.55. The van der Waals surface area contributed by atoms with Gasteiger partial charge in [-0.3, -0.25) is 0 Å². The Balaban J connectivity index is 1.14. The van der Waals surface area contributed by atoms with Crippen molar-refractivity contribution in [2.75, 3.05) is 6.61 Å². The molecule has 3 heterocycles. The first-order chi connectivity index (χ1) is 10.0. The maximum absolute atomic E-state index is 5.79. The van der Waals surface area contributed by atoms with Gasteiger partial charge in [-0.15, -0.1) is 0 Å². The molecule has 0 aliphatic carbocycles. The fourth-order valence-electron chi connectivity index (χ4n) is 3.28. The van der Waals surface area contributed by atoms with Gasteiger partial charge in [0.1, 0.15) is 0 Å². The minimum atomic E-state index is 0.469. The Bertz CT molecular complexity index is 332. The van der Waals surface area contributed by atoms with Gasteiger partial charge in [0, 0.05) is 12.8 Å². The summed E-state index contributed by atoms with van der Waals surface area (Å²) in [5.74, 6) is 0. The lowest BCUT2D eigenvalue weighted by Gasteiger charge is -2.17. The van der Waals surface area contributed by atoms with Gasteiger partial charge in [-0.25, -0.2) is 0 Å². The lowest BCUT2D eigenvalue weighted by Crippen LogP contribution is -2.04. The van der Waals surface area contributed by atoms with Gasteiger partial charge in [-0.1, -0.05) is 46.5 Å². The summed E-state index contributed by atoms with van der Waals surface area (Å²) in [5.41, 5.74) is 0.497. The fourth-order valence-corrected chi connectivity index (χ4v) is 3.28. The molecule has 21 heavy (non-hydrogen) atoms. The van der Waals surface area contributed by atoms with Crippen LogP contribution in [0.1, 0.15) is 72.1 Å². The van der Waals surface area contributed by atoms with Gasteiger partial charge in [0.25, 0.3) is 0 Å². The van der Waals surface area contributed by atoms with Crippen molar-refractivity contribution in [3.63, 3.8) is 0 Å². The zero-order valence-corrected chi connectivity index (χ0v) is 14.0. The molecule has 0 spiro atoms. The van der Waals surface area contributed by atoms with Gasteiger partial charge in [-0.05, 0) is 18.3 Å². The van der Waals surface area contributed by atoms with Crippen LogP contribution in [0.25, 0.3) is 0 Å². The summed E-state index contributed by atoms with van der Waals surface area (Å²) in [7, 11) is 0. The van der Waals surface area contributed by atoms with Gasteiger partial charge in [0.2, 0.25) is 0 Å². The number of hydrogen-bond acceptors (Lipinski definition) is 3. The maximum atomic E-state index is 5.79. The van der Waals surface area contributed by atoms with Gasteiger partial charge in [0.15, 0.2) is 0 Å². The van der Waals surface area contributed by atoms with E-state index in [4.69, 9.17) is 14.2 Å². The second-order valence-corrected chi connectivity index (χ2v) is 8.37. The zero-order chi connectivity index (χ0) is 14.9. The Hall–Kier alpha value is -0.120. The van der Waals surface area contributed by atoms with E-state index in [9.17, 15) is 0 Å². The summed E-state index contributed by atoms with van der Waals surface area (Å²) in [4.78, 5) is 0. The number of unbranched alkanes of at least 4 members (excludes halogenated alkanes) is 3. The summed E-state index contributed by atoms with van der Waals surface area (Å²) in [6.45, 7) is 7.94. The molecule has 3 heteroatoms. The smallest absolute Gasteiger partial charge is 0.0868 e. The van der Waals surface area contributed by atoms with Crippen LogP contribution in [-0.2, 0) is 14.2 Å². The Kier molecular flexibility index (Phi) is 4.92. The molecule has 0 amide bonds. The topological polar surface area (TPSA) is 37.6 Å². The Morgan fingerprint density at radius 3 is 2.14 bits per heavy atom. The molecule has 0 radical (unpaired) electrons. The third-order valence-corrected chi connectivity index (χ3v) is 4.90. The van der Waals surface area contributed by atoms with Crippen LogP contribution in [-0.4, -0.2) is 37.1 Å². The molecule has 3 saturated heterocycles. The van der Waals surface area contributed by atoms with Crippen LogP contribution in [0, 0.1) is 5.41 Å². The van der Waals surface area contributed by atoms with Gasteiger partial charge >= 0.3 is 0 Å². The molecule has 3 fully saturated rings. The van der Waals surface area contributed by atoms with E-state index in [1.54, 1.807) is 0 Å². The van der Waals surface area contributed by atoms with Crippen LogP contribution in [0.15, 0.2) is 0 Å². The molecular formula is C18H32O3. The highest BCUT2D eigenvalue weighted by molar-refractivity contribution is 4.96. The quantitative estimate of drug-likeness (QED) is 0.450.